The molecular weight excluding hydrogens is 368 g/mol. The summed E-state index contributed by atoms with van der Waals surface area (Å²) in [5.41, 5.74) is 2.77. The maximum Gasteiger partial charge on any atom is 0.243 e. The summed E-state index contributed by atoms with van der Waals surface area (Å²) in [6.07, 6.45) is 0. The number of ether oxygens (including phenoxy) is 1. The lowest BCUT2D eigenvalue weighted by atomic mass is 9.87. The fraction of sp³-hybridized carbons (Fsp3) is 0.316. The highest BCUT2D eigenvalue weighted by atomic mass is 79.9. The van der Waals surface area contributed by atoms with Crippen LogP contribution < -0.4 is 15.4 Å². The SMILES string of the molecule is COc1ccc(C(C)(C)C)cc1NCC(=O)Nc1ccccc1Br. The number of amides is 1. The summed E-state index contributed by atoms with van der Waals surface area (Å²) in [7, 11) is 1.62. The van der Waals surface area contributed by atoms with Crippen molar-refractivity contribution in [3.63, 3.8) is 0 Å². The van der Waals surface area contributed by atoms with E-state index in [4.69, 9.17) is 4.74 Å². The molecule has 2 aromatic carbocycles. The van der Waals surface area contributed by atoms with Crippen LogP contribution in [0.2, 0.25) is 0 Å². The monoisotopic (exact) mass is 390 g/mol. The molecule has 0 aliphatic rings. The molecule has 0 spiro atoms. The average molecular weight is 391 g/mol. The Balaban J connectivity index is 2.08. The number of hydrogen-bond acceptors (Lipinski definition) is 3. The van der Waals surface area contributed by atoms with Crippen molar-refractivity contribution in [2.45, 2.75) is 26.2 Å². The van der Waals surface area contributed by atoms with E-state index in [2.05, 4.69) is 47.3 Å². The quantitative estimate of drug-likeness (QED) is 0.770. The molecule has 128 valence electrons. The van der Waals surface area contributed by atoms with Gasteiger partial charge in [0.05, 0.1) is 25.0 Å². The van der Waals surface area contributed by atoms with Crippen molar-refractivity contribution < 1.29 is 9.53 Å². The fourth-order valence-corrected chi connectivity index (χ4v) is 2.63. The Morgan fingerprint density at radius 1 is 1.12 bits per heavy atom. The van der Waals surface area contributed by atoms with Crippen LogP contribution in [-0.2, 0) is 10.2 Å². The molecule has 5 heteroatoms. The predicted octanol–water partition coefficient (Wildman–Crippen LogP) is 4.81. The number of para-hydroxylation sites is 1. The molecule has 0 aliphatic carbocycles. The third kappa shape index (κ3) is 4.74. The normalized spacial score (nSPS) is 11.0. The predicted molar refractivity (Wildman–Crippen MR) is 103 cm³/mol. The van der Waals surface area contributed by atoms with Gasteiger partial charge < -0.3 is 15.4 Å². The van der Waals surface area contributed by atoms with Crippen LogP contribution in [-0.4, -0.2) is 19.6 Å². The lowest BCUT2D eigenvalue weighted by molar-refractivity contribution is -0.114. The third-order valence-electron chi connectivity index (χ3n) is 3.65. The van der Waals surface area contributed by atoms with E-state index in [1.807, 2.05) is 42.5 Å². The van der Waals surface area contributed by atoms with Gasteiger partial charge in [0, 0.05) is 4.47 Å². The van der Waals surface area contributed by atoms with E-state index in [9.17, 15) is 4.79 Å². The fourth-order valence-electron chi connectivity index (χ4n) is 2.25. The molecule has 1 amide bonds. The molecule has 0 heterocycles. The van der Waals surface area contributed by atoms with Crippen molar-refractivity contribution in [3.8, 4) is 5.75 Å². The highest BCUT2D eigenvalue weighted by molar-refractivity contribution is 9.10. The van der Waals surface area contributed by atoms with Gasteiger partial charge >= 0.3 is 0 Å². The van der Waals surface area contributed by atoms with E-state index in [1.165, 1.54) is 5.56 Å². The van der Waals surface area contributed by atoms with Gasteiger partial charge in [-0.25, -0.2) is 0 Å². The van der Waals surface area contributed by atoms with E-state index in [0.29, 0.717) is 0 Å². The molecular formula is C19H23BrN2O2. The Morgan fingerprint density at radius 3 is 2.46 bits per heavy atom. The number of rotatable bonds is 5. The first-order chi connectivity index (χ1) is 11.3. The van der Waals surface area contributed by atoms with Crippen LogP contribution in [0.3, 0.4) is 0 Å². The van der Waals surface area contributed by atoms with Crippen molar-refractivity contribution in [1.29, 1.82) is 0 Å². The molecule has 0 unspecified atom stereocenters. The largest absolute Gasteiger partial charge is 0.495 e. The van der Waals surface area contributed by atoms with Crippen molar-refractivity contribution in [3.05, 3.63) is 52.5 Å². The number of nitrogens with one attached hydrogen (secondary N) is 2. The van der Waals surface area contributed by atoms with Gasteiger partial charge in [-0.2, -0.15) is 0 Å². The first-order valence-corrected chi connectivity index (χ1v) is 8.57. The Bertz CT molecular complexity index is 724. The molecule has 0 radical (unpaired) electrons. The van der Waals surface area contributed by atoms with Gasteiger partial charge in [0.2, 0.25) is 5.91 Å². The van der Waals surface area contributed by atoms with Crippen LogP contribution in [0.15, 0.2) is 46.9 Å². The van der Waals surface area contributed by atoms with Crippen LogP contribution in [0, 0.1) is 0 Å². The molecule has 0 fully saturated rings. The minimum atomic E-state index is -0.120. The van der Waals surface area contributed by atoms with Gasteiger partial charge in [-0.1, -0.05) is 39.0 Å². The average Bonchev–Trinajstić information content (AvgIpc) is 2.54. The minimum Gasteiger partial charge on any atom is -0.495 e. The van der Waals surface area contributed by atoms with Gasteiger partial charge in [0.25, 0.3) is 0 Å². The zero-order valence-corrected chi connectivity index (χ0v) is 16.0. The molecule has 2 rings (SSSR count). The second-order valence-corrected chi connectivity index (χ2v) is 7.40. The first-order valence-electron chi connectivity index (χ1n) is 7.78. The molecule has 0 aromatic heterocycles. The standard InChI is InChI=1S/C19H23BrN2O2/c1-19(2,3)13-9-10-17(24-4)16(11-13)21-12-18(23)22-15-8-6-5-7-14(15)20/h5-11,21H,12H2,1-4H3,(H,22,23). The molecule has 24 heavy (non-hydrogen) atoms. The lowest BCUT2D eigenvalue weighted by Crippen LogP contribution is -2.22. The summed E-state index contributed by atoms with van der Waals surface area (Å²) >= 11 is 3.42. The summed E-state index contributed by atoms with van der Waals surface area (Å²) < 4.78 is 6.23. The summed E-state index contributed by atoms with van der Waals surface area (Å²) in [6, 6.07) is 13.5. The number of methoxy groups -OCH3 is 1. The molecule has 0 bridgehead atoms. The highest BCUT2D eigenvalue weighted by Gasteiger charge is 2.16. The Hall–Kier alpha value is -2.01. The summed E-state index contributed by atoms with van der Waals surface area (Å²) in [5.74, 6) is 0.599. The number of hydrogen-bond donors (Lipinski definition) is 2. The van der Waals surface area contributed by atoms with Gasteiger partial charge in [0.15, 0.2) is 0 Å². The number of benzene rings is 2. The Morgan fingerprint density at radius 2 is 1.83 bits per heavy atom. The second-order valence-electron chi connectivity index (χ2n) is 6.55. The van der Waals surface area contributed by atoms with E-state index in [1.54, 1.807) is 7.11 Å². The topological polar surface area (TPSA) is 50.4 Å². The molecule has 2 N–H and O–H groups in total. The van der Waals surface area contributed by atoms with Crippen LogP contribution in [0.4, 0.5) is 11.4 Å². The highest BCUT2D eigenvalue weighted by Crippen LogP contribution is 2.31. The molecule has 2 aromatic rings. The van der Waals surface area contributed by atoms with Crippen LogP contribution in [0.5, 0.6) is 5.75 Å². The smallest absolute Gasteiger partial charge is 0.243 e. The summed E-state index contributed by atoms with van der Waals surface area (Å²) in [5, 5.41) is 6.04. The van der Waals surface area contributed by atoms with Gasteiger partial charge in [-0.3, -0.25) is 4.79 Å². The zero-order chi connectivity index (χ0) is 17.7. The van der Waals surface area contributed by atoms with Crippen LogP contribution in [0.1, 0.15) is 26.3 Å². The van der Waals surface area contributed by atoms with Crippen LogP contribution >= 0.6 is 15.9 Å². The van der Waals surface area contributed by atoms with Crippen molar-refractivity contribution in [2.75, 3.05) is 24.3 Å². The minimum absolute atomic E-state index is 0.0276. The van der Waals surface area contributed by atoms with Crippen molar-refractivity contribution >= 4 is 33.2 Å². The van der Waals surface area contributed by atoms with E-state index < -0.39 is 0 Å². The first kappa shape index (κ1) is 18.3. The lowest BCUT2D eigenvalue weighted by Gasteiger charge is -2.21. The molecule has 0 aliphatic heterocycles. The van der Waals surface area contributed by atoms with Gasteiger partial charge in [-0.15, -0.1) is 0 Å². The van der Waals surface area contributed by atoms with E-state index in [0.717, 1.165) is 21.6 Å². The molecule has 0 atom stereocenters. The van der Waals surface area contributed by atoms with Crippen molar-refractivity contribution in [1.82, 2.24) is 0 Å². The van der Waals surface area contributed by atoms with Crippen LogP contribution in [0.25, 0.3) is 0 Å². The van der Waals surface area contributed by atoms with Gasteiger partial charge in [-0.05, 0) is 51.2 Å². The summed E-state index contributed by atoms with van der Waals surface area (Å²) in [4.78, 5) is 12.2. The third-order valence-corrected chi connectivity index (χ3v) is 4.34. The number of halogens is 1. The number of carbonyl (C=O) groups is 1. The molecule has 0 saturated heterocycles. The number of anilines is 2. The van der Waals surface area contributed by atoms with E-state index >= 15 is 0 Å². The maximum atomic E-state index is 12.2. The summed E-state index contributed by atoms with van der Waals surface area (Å²) in [6.45, 7) is 6.61. The van der Waals surface area contributed by atoms with Gasteiger partial charge in [0.1, 0.15) is 5.75 Å². The number of carbonyl (C=O) groups excluding carboxylic acids is 1. The Kier molecular flexibility index (Phi) is 5.89. The maximum absolute atomic E-state index is 12.2. The zero-order valence-electron chi connectivity index (χ0n) is 14.4. The molecule has 0 saturated carbocycles. The van der Waals surface area contributed by atoms with Crippen molar-refractivity contribution in [2.24, 2.45) is 0 Å². The molecule has 4 nitrogen and oxygen atoms in total. The van der Waals surface area contributed by atoms with E-state index in [-0.39, 0.29) is 17.9 Å². The Labute approximate surface area is 151 Å². The second kappa shape index (κ2) is 7.71.